The van der Waals surface area contributed by atoms with E-state index in [1.54, 1.807) is 0 Å². The Morgan fingerprint density at radius 3 is 2.44 bits per heavy atom. The molecule has 2 aromatic rings. The molecule has 18 heavy (non-hydrogen) atoms. The Bertz CT molecular complexity index is 596. The van der Waals surface area contributed by atoms with Gasteiger partial charge in [-0.3, -0.25) is 4.79 Å². The molecule has 1 amide bonds. The molecule has 0 aliphatic heterocycles. The van der Waals surface area contributed by atoms with Crippen LogP contribution in [0.4, 0.5) is 5.69 Å². The van der Waals surface area contributed by atoms with Gasteiger partial charge in [-0.1, -0.05) is 34.1 Å². The van der Waals surface area contributed by atoms with Crippen molar-refractivity contribution in [3.8, 4) is 0 Å². The molecule has 2 rings (SSSR count). The number of aryl methyl sites for hydroxylation is 1. The zero-order chi connectivity index (χ0) is 13.1. The van der Waals surface area contributed by atoms with Crippen LogP contribution >= 0.6 is 31.9 Å². The largest absolute Gasteiger partial charge is 0.321 e. The van der Waals surface area contributed by atoms with E-state index in [0.29, 0.717) is 5.56 Å². The molecule has 0 spiro atoms. The van der Waals surface area contributed by atoms with Gasteiger partial charge in [-0.15, -0.1) is 0 Å². The standard InChI is InChI=1S/C14H11Br2NO/c1-9-6-7-10(8-12(9)16)14(18)17-13-5-3-2-4-11(13)15/h2-8H,1H3,(H,17,18). The van der Waals surface area contributed by atoms with Crippen LogP contribution in [0.1, 0.15) is 15.9 Å². The van der Waals surface area contributed by atoms with E-state index in [0.717, 1.165) is 20.2 Å². The summed E-state index contributed by atoms with van der Waals surface area (Å²) < 4.78 is 1.80. The van der Waals surface area contributed by atoms with E-state index in [1.807, 2.05) is 49.4 Å². The normalized spacial score (nSPS) is 10.2. The Morgan fingerprint density at radius 2 is 1.78 bits per heavy atom. The van der Waals surface area contributed by atoms with E-state index < -0.39 is 0 Å². The highest BCUT2D eigenvalue weighted by Gasteiger charge is 2.08. The number of carbonyl (C=O) groups is 1. The fourth-order valence-electron chi connectivity index (χ4n) is 1.49. The Kier molecular flexibility index (Phi) is 4.19. The summed E-state index contributed by atoms with van der Waals surface area (Å²) in [5, 5.41) is 2.87. The summed E-state index contributed by atoms with van der Waals surface area (Å²) in [4.78, 5) is 12.1. The highest BCUT2D eigenvalue weighted by molar-refractivity contribution is 9.10. The van der Waals surface area contributed by atoms with Crippen molar-refractivity contribution in [2.24, 2.45) is 0 Å². The first-order valence-corrected chi connectivity index (χ1v) is 6.98. The first kappa shape index (κ1) is 13.3. The smallest absolute Gasteiger partial charge is 0.255 e. The summed E-state index contributed by atoms with van der Waals surface area (Å²) in [5.41, 5.74) is 2.50. The van der Waals surface area contributed by atoms with E-state index in [2.05, 4.69) is 37.2 Å². The number of halogens is 2. The van der Waals surface area contributed by atoms with Crippen LogP contribution in [0.15, 0.2) is 51.4 Å². The summed E-state index contributed by atoms with van der Waals surface area (Å²) in [7, 11) is 0. The van der Waals surface area contributed by atoms with Crippen LogP contribution in [0, 0.1) is 6.92 Å². The molecule has 0 bridgehead atoms. The molecule has 92 valence electrons. The van der Waals surface area contributed by atoms with Crippen LogP contribution in [-0.2, 0) is 0 Å². The Hall–Kier alpha value is -1.13. The van der Waals surface area contributed by atoms with E-state index in [1.165, 1.54) is 0 Å². The number of para-hydroxylation sites is 1. The molecule has 0 saturated carbocycles. The number of carbonyl (C=O) groups excluding carboxylic acids is 1. The number of amides is 1. The van der Waals surface area contributed by atoms with Gasteiger partial charge < -0.3 is 5.32 Å². The monoisotopic (exact) mass is 367 g/mol. The summed E-state index contributed by atoms with van der Waals surface area (Å²) in [6.45, 7) is 1.99. The van der Waals surface area contributed by atoms with Crippen LogP contribution in [0.25, 0.3) is 0 Å². The van der Waals surface area contributed by atoms with Gasteiger partial charge in [-0.2, -0.15) is 0 Å². The van der Waals surface area contributed by atoms with Crippen molar-refractivity contribution >= 4 is 43.5 Å². The summed E-state index contributed by atoms with van der Waals surface area (Å²) in [6, 6.07) is 13.1. The van der Waals surface area contributed by atoms with Crippen LogP contribution in [0.5, 0.6) is 0 Å². The molecule has 0 aliphatic carbocycles. The minimum atomic E-state index is -0.123. The molecule has 0 fully saturated rings. The van der Waals surface area contributed by atoms with Crippen molar-refractivity contribution in [2.75, 3.05) is 5.32 Å². The predicted molar refractivity (Wildman–Crippen MR) is 81.0 cm³/mol. The molecule has 2 aromatic carbocycles. The lowest BCUT2D eigenvalue weighted by molar-refractivity contribution is 0.102. The van der Waals surface area contributed by atoms with E-state index >= 15 is 0 Å². The molecule has 4 heteroatoms. The maximum Gasteiger partial charge on any atom is 0.255 e. The van der Waals surface area contributed by atoms with Crippen LogP contribution in [-0.4, -0.2) is 5.91 Å². The third-order valence-corrected chi connectivity index (χ3v) is 4.10. The topological polar surface area (TPSA) is 29.1 Å². The minimum Gasteiger partial charge on any atom is -0.321 e. The lowest BCUT2D eigenvalue weighted by atomic mass is 10.1. The van der Waals surface area contributed by atoms with Gasteiger partial charge in [0.25, 0.3) is 5.91 Å². The van der Waals surface area contributed by atoms with Gasteiger partial charge in [-0.25, -0.2) is 0 Å². The Morgan fingerprint density at radius 1 is 1.06 bits per heavy atom. The fraction of sp³-hybridized carbons (Fsp3) is 0.0714. The quantitative estimate of drug-likeness (QED) is 0.812. The van der Waals surface area contributed by atoms with Crippen molar-refractivity contribution in [2.45, 2.75) is 6.92 Å². The lowest BCUT2D eigenvalue weighted by Gasteiger charge is -2.08. The van der Waals surface area contributed by atoms with Crippen molar-refractivity contribution in [3.05, 3.63) is 62.5 Å². The van der Waals surface area contributed by atoms with Gasteiger partial charge >= 0.3 is 0 Å². The van der Waals surface area contributed by atoms with E-state index in [-0.39, 0.29) is 5.91 Å². The summed E-state index contributed by atoms with van der Waals surface area (Å²) >= 11 is 6.82. The average Bonchev–Trinajstić information content (AvgIpc) is 2.35. The molecule has 1 N–H and O–H groups in total. The van der Waals surface area contributed by atoms with Gasteiger partial charge in [0.05, 0.1) is 5.69 Å². The van der Waals surface area contributed by atoms with Gasteiger partial charge in [0.2, 0.25) is 0 Å². The molecule has 0 saturated heterocycles. The average molecular weight is 369 g/mol. The molecule has 0 aliphatic rings. The molecule has 0 atom stereocenters. The van der Waals surface area contributed by atoms with Gasteiger partial charge in [-0.05, 0) is 52.7 Å². The number of nitrogens with one attached hydrogen (secondary N) is 1. The van der Waals surface area contributed by atoms with E-state index in [9.17, 15) is 4.79 Å². The number of benzene rings is 2. The predicted octanol–water partition coefficient (Wildman–Crippen LogP) is 4.77. The molecule has 0 aromatic heterocycles. The molecule has 0 unspecified atom stereocenters. The SMILES string of the molecule is Cc1ccc(C(=O)Nc2ccccc2Br)cc1Br. The number of anilines is 1. The highest BCUT2D eigenvalue weighted by atomic mass is 79.9. The molecule has 2 nitrogen and oxygen atoms in total. The van der Waals surface area contributed by atoms with Gasteiger partial charge in [0.15, 0.2) is 0 Å². The second kappa shape index (κ2) is 5.67. The van der Waals surface area contributed by atoms with Crippen LogP contribution in [0.2, 0.25) is 0 Å². The molecular weight excluding hydrogens is 358 g/mol. The van der Waals surface area contributed by atoms with E-state index in [4.69, 9.17) is 0 Å². The van der Waals surface area contributed by atoms with Gasteiger partial charge in [0, 0.05) is 14.5 Å². The second-order valence-corrected chi connectivity index (χ2v) is 5.61. The van der Waals surface area contributed by atoms with Crippen LogP contribution in [0.3, 0.4) is 0 Å². The zero-order valence-corrected chi connectivity index (χ0v) is 12.9. The van der Waals surface area contributed by atoms with Crippen molar-refractivity contribution in [3.63, 3.8) is 0 Å². The minimum absolute atomic E-state index is 0.123. The zero-order valence-electron chi connectivity index (χ0n) is 9.71. The fourth-order valence-corrected chi connectivity index (χ4v) is 2.25. The third-order valence-electron chi connectivity index (χ3n) is 2.56. The number of hydrogen-bond acceptors (Lipinski definition) is 1. The molecular formula is C14H11Br2NO. The first-order valence-electron chi connectivity index (χ1n) is 5.40. The third kappa shape index (κ3) is 3.00. The Balaban J connectivity index is 2.22. The second-order valence-electron chi connectivity index (χ2n) is 3.90. The molecule has 0 radical (unpaired) electrons. The number of hydrogen-bond donors (Lipinski definition) is 1. The number of rotatable bonds is 2. The van der Waals surface area contributed by atoms with Gasteiger partial charge in [0.1, 0.15) is 0 Å². The summed E-state index contributed by atoms with van der Waals surface area (Å²) in [5.74, 6) is -0.123. The van der Waals surface area contributed by atoms with Crippen LogP contribution < -0.4 is 5.32 Å². The maximum absolute atomic E-state index is 12.1. The highest BCUT2D eigenvalue weighted by Crippen LogP contribution is 2.23. The van der Waals surface area contributed by atoms with Crippen molar-refractivity contribution in [1.29, 1.82) is 0 Å². The molecule has 0 heterocycles. The Labute approximate surface area is 123 Å². The van der Waals surface area contributed by atoms with Crippen molar-refractivity contribution in [1.82, 2.24) is 0 Å². The summed E-state index contributed by atoms with van der Waals surface area (Å²) in [6.07, 6.45) is 0. The first-order chi connectivity index (χ1) is 8.58. The lowest BCUT2D eigenvalue weighted by Crippen LogP contribution is -2.12. The van der Waals surface area contributed by atoms with Crippen molar-refractivity contribution < 1.29 is 4.79 Å². The maximum atomic E-state index is 12.1.